The molecule has 1 N–H and O–H groups in total. The van der Waals surface area contributed by atoms with Crippen LogP contribution in [0.3, 0.4) is 0 Å². The molecule has 0 unspecified atom stereocenters. The number of methoxy groups -OCH3 is 1. The summed E-state index contributed by atoms with van der Waals surface area (Å²) in [5.41, 5.74) is 4.94. The first-order valence-corrected chi connectivity index (χ1v) is 7.99. The summed E-state index contributed by atoms with van der Waals surface area (Å²) in [6.07, 6.45) is 1.71. The Kier molecular flexibility index (Phi) is 7.31. The molecule has 2 aromatic rings. The first kappa shape index (κ1) is 18.3. The number of ether oxygens (including phenoxy) is 3. The highest BCUT2D eigenvalue weighted by Crippen LogP contribution is 2.16. The molecule has 25 heavy (non-hydrogen) atoms. The molecule has 6 heteroatoms. The molecular weight excluding hydrogens is 320 g/mol. The maximum atomic E-state index is 11.2. The molecule has 0 amide bonds. The van der Waals surface area contributed by atoms with Crippen molar-refractivity contribution in [3.05, 3.63) is 59.7 Å². The summed E-state index contributed by atoms with van der Waals surface area (Å²) >= 11 is 0. The normalized spacial score (nSPS) is 10.5. The number of benzene rings is 2. The van der Waals surface area contributed by atoms with Crippen LogP contribution >= 0.6 is 0 Å². The molecule has 0 aliphatic rings. The molecule has 2 rings (SSSR count). The molecule has 0 radical (unpaired) electrons. The quantitative estimate of drug-likeness (QED) is 0.431. The van der Waals surface area contributed by atoms with Gasteiger partial charge in [0.15, 0.2) is 6.61 Å². The van der Waals surface area contributed by atoms with Crippen molar-refractivity contribution >= 4 is 12.2 Å². The number of esters is 1. The third-order valence-electron chi connectivity index (χ3n) is 3.31. The second-order valence-electron chi connectivity index (χ2n) is 5.07. The average molecular weight is 342 g/mol. The first-order chi connectivity index (χ1) is 12.2. The summed E-state index contributed by atoms with van der Waals surface area (Å²) in [6, 6.07) is 15.0. The van der Waals surface area contributed by atoms with Crippen LogP contribution in [0, 0.1) is 0 Å². The minimum atomic E-state index is -0.381. The van der Waals surface area contributed by atoms with Gasteiger partial charge in [-0.25, -0.2) is 4.79 Å². The largest absolute Gasteiger partial charge is 0.496 e. The van der Waals surface area contributed by atoms with Gasteiger partial charge in [-0.05, 0) is 42.8 Å². The van der Waals surface area contributed by atoms with Gasteiger partial charge < -0.3 is 19.6 Å². The van der Waals surface area contributed by atoms with Gasteiger partial charge in [-0.3, -0.25) is 0 Å². The lowest BCUT2D eigenvalue weighted by Crippen LogP contribution is -2.14. The van der Waals surface area contributed by atoms with Crippen LogP contribution in [-0.2, 0) is 16.1 Å². The number of nitrogens with zero attached hydrogens (tertiary/aromatic N) is 1. The Labute approximate surface area is 147 Å². The van der Waals surface area contributed by atoms with Gasteiger partial charge in [0.05, 0.1) is 26.5 Å². The molecular formula is C19H22N2O4. The second-order valence-corrected chi connectivity index (χ2v) is 5.07. The van der Waals surface area contributed by atoms with Crippen molar-refractivity contribution in [2.75, 3.05) is 20.3 Å². The number of hydrogen-bond acceptors (Lipinski definition) is 6. The van der Waals surface area contributed by atoms with Gasteiger partial charge in [-0.15, -0.1) is 0 Å². The summed E-state index contributed by atoms with van der Waals surface area (Å²) < 4.78 is 15.4. The number of hydrogen-bond donors (Lipinski definition) is 1. The van der Waals surface area contributed by atoms with E-state index in [0.717, 1.165) is 16.9 Å². The highest BCUT2D eigenvalue weighted by atomic mass is 16.6. The lowest BCUT2D eigenvalue weighted by molar-refractivity contribution is -0.145. The van der Waals surface area contributed by atoms with Gasteiger partial charge in [0.25, 0.3) is 0 Å². The van der Waals surface area contributed by atoms with E-state index in [4.69, 9.17) is 14.2 Å². The summed E-state index contributed by atoms with van der Waals surface area (Å²) in [5.74, 6) is 1.05. The number of hydrazone groups is 1. The van der Waals surface area contributed by atoms with Crippen molar-refractivity contribution in [2.45, 2.75) is 13.5 Å². The monoisotopic (exact) mass is 342 g/mol. The van der Waals surface area contributed by atoms with Crippen LogP contribution in [-0.4, -0.2) is 32.5 Å². The van der Waals surface area contributed by atoms with E-state index >= 15 is 0 Å². The zero-order valence-corrected chi connectivity index (χ0v) is 14.4. The minimum absolute atomic E-state index is 0.0955. The predicted molar refractivity (Wildman–Crippen MR) is 96.0 cm³/mol. The Morgan fingerprint density at radius 1 is 1.16 bits per heavy atom. The Morgan fingerprint density at radius 2 is 1.92 bits per heavy atom. The first-order valence-electron chi connectivity index (χ1n) is 7.99. The fourth-order valence-corrected chi connectivity index (χ4v) is 2.10. The SMILES string of the molecule is CCOC(=O)COc1ccc(/C=N\NCc2ccccc2OC)cc1. The predicted octanol–water partition coefficient (Wildman–Crippen LogP) is 2.76. The summed E-state index contributed by atoms with van der Waals surface area (Å²) in [7, 11) is 1.65. The van der Waals surface area contributed by atoms with Crippen molar-refractivity contribution in [3.63, 3.8) is 0 Å². The van der Waals surface area contributed by atoms with E-state index in [2.05, 4.69) is 10.5 Å². The number of carbonyl (C=O) groups is 1. The van der Waals surface area contributed by atoms with E-state index < -0.39 is 0 Å². The fourth-order valence-electron chi connectivity index (χ4n) is 2.10. The van der Waals surface area contributed by atoms with Gasteiger partial charge in [0.2, 0.25) is 0 Å². The third-order valence-corrected chi connectivity index (χ3v) is 3.31. The lowest BCUT2D eigenvalue weighted by atomic mass is 10.2. The number of rotatable bonds is 9. The molecule has 6 nitrogen and oxygen atoms in total. The Morgan fingerprint density at radius 3 is 2.64 bits per heavy atom. The van der Waals surface area contributed by atoms with E-state index in [0.29, 0.717) is 18.9 Å². The smallest absolute Gasteiger partial charge is 0.344 e. The molecule has 0 saturated heterocycles. The van der Waals surface area contributed by atoms with E-state index in [1.807, 2.05) is 36.4 Å². The van der Waals surface area contributed by atoms with Crippen LogP contribution < -0.4 is 14.9 Å². The van der Waals surface area contributed by atoms with E-state index in [1.165, 1.54) is 0 Å². The van der Waals surface area contributed by atoms with Gasteiger partial charge >= 0.3 is 5.97 Å². The molecule has 0 spiro atoms. The van der Waals surface area contributed by atoms with Crippen LogP contribution in [0.25, 0.3) is 0 Å². The zero-order valence-electron chi connectivity index (χ0n) is 14.4. The van der Waals surface area contributed by atoms with Gasteiger partial charge in [-0.2, -0.15) is 5.10 Å². The van der Waals surface area contributed by atoms with E-state index in [1.54, 1.807) is 32.4 Å². The molecule has 0 aliphatic carbocycles. The van der Waals surface area contributed by atoms with Crippen LogP contribution in [0.5, 0.6) is 11.5 Å². The molecule has 0 bridgehead atoms. The minimum Gasteiger partial charge on any atom is -0.496 e. The van der Waals surface area contributed by atoms with E-state index in [9.17, 15) is 4.79 Å². The fraction of sp³-hybridized carbons (Fsp3) is 0.263. The molecule has 2 aromatic carbocycles. The lowest BCUT2D eigenvalue weighted by Gasteiger charge is -2.07. The zero-order chi connectivity index (χ0) is 17.9. The molecule has 0 atom stereocenters. The third kappa shape index (κ3) is 6.18. The average Bonchev–Trinajstić information content (AvgIpc) is 2.65. The van der Waals surface area contributed by atoms with Crippen molar-refractivity contribution in [3.8, 4) is 11.5 Å². The molecule has 132 valence electrons. The van der Waals surface area contributed by atoms with Crippen LogP contribution in [0.1, 0.15) is 18.1 Å². The second kappa shape index (κ2) is 9.97. The Bertz CT molecular complexity index is 699. The molecule has 0 aliphatic heterocycles. The standard InChI is InChI=1S/C19H22N2O4/c1-3-24-19(22)14-25-17-10-8-15(9-11-17)12-20-21-13-16-6-4-5-7-18(16)23-2/h4-12,21H,3,13-14H2,1-2H3/b20-12-. The number of carbonyl (C=O) groups excluding carboxylic acids is 1. The highest BCUT2D eigenvalue weighted by Gasteiger charge is 2.02. The summed E-state index contributed by atoms with van der Waals surface area (Å²) in [5, 5.41) is 4.20. The topological polar surface area (TPSA) is 69.2 Å². The number of para-hydroxylation sites is 1. The molecule has 0 heterocycles. The highest BCUT2D eigenvalue weighted by molar-refractivity contribution is 5.79. The van der Waals surface area contributed by atoms with Gasteiger partial charge in [0, 0.05) is 5.56 Å². The summed E-state index contributed by atoms with van der Waals surface area (Å²) in [4.78, 5) is 11.2. The molecule has 0 saturated carbocycles. The van der Waals surface area contributed by atoms with Crippen molar-refractivity contribution in [2.24, 2.45) is 5.10 Å². The maximum absolute atomic E-state index is 11.2. The maximum Gasteiger partial charge on any atom is 0.344 e. The van der Waals surface area contributed by atoms with Crippen molar-refractivity contribution in [1.82, 2.24) is 5.43 Å². The van der Waals surface area contributed by atoms with Gasteiger partial charge in [-0.1, -0.05) is 18.2 Å². The Balaban J connectivity index is 1.80. The van der Waals surface area contributed by atoms with Crippen molar-refractivity contribution in [1.29, 1.82) is 0 Å². The van der Waals surface area contributed by atoms with Crippen LogP contribution in [0.15, 0.2) is 53.6 Å². The van der Waals surface area contributed by atoms with E-state index in [-0.39, 0.29) is 12.6 Å². The molecule has 0 fully saturated rings. The van der Waals surface area contributed by atoms with Crippen LogP contribution in [0.2, 0.25) is 0 Å². The van der Waals surface area contributed by atoms with Crippen LogP contribution in [0.4, 0.5) is 0 Å². The van der Waals surface area contributed by atoms with Gasteiger partial charge in [0.1, 0.15) is 11.5 Å². The number of nitrogens with one attached hydrogen (secondary N) is 1. The summed E-state index contributed by atoms with van der Waals surface area (Å²) in [6.45, 7) is 2.58. The Hall–Kier alpha value is -3.02. The van der Waals surface area contributed by atoms with Crippen molar-refractivity contribution < 1.29 is 19.0 Å². The molecule has 0 aromatic heterocycles.